The lowest BCUT2D eigenvalue weighted by atomic mass is 9.44. The third kappa shape index (κ3) is 4.64. The number of Topliss-reactive ketones (excluding diaryl/α,β-unsaturated/α-hetero) is 1. The maximum atomic E-state index is 13.5. The van der Waals surface area contributed by atoms with Crippen molar-refractivity contribution in [2.45, 2.75) is 85.9 Å². The molecule has 1 N–H and O–H groups in total. The summed E-state index contributed by atoms with van der Waals surface area (Å²) in [6, 6.07) is 0. The third-order valence-electron chi connectivity index (χ3n) is 10.1. The SMILES string of the molecule is [2H]C([2H])=C[C@]1(C)C[C@@H](OC(=O)CSCCN(CC)CC)C2(C)C(C)CCC3(CCC(=O)C32)[C@H](C)[C@@H]1O. The van der Waals surface area contributed by atoms with Crippen molar-refractivity contribution < 1.29 is 22.2 Å². The molecule has 0 heterocycles. The Morgan fingerprint density at radius 1 is 1.32 bits per heavy atom. The van der Waals surface area contributed by atoms with Crippen LogP contribution in [0.5, 0.6) is 0 Å². The maximum Gasteiger partial charge on any atom is 0.316 e. The first-order chi connectivity index (χ1) is 16.9. The average Bonchev–Trinajstić information content (AvgIpc) is 3.17. The van der Waals surface area contributed by atoms with Crippen LogP contribution in [0, 0.1) is 34.0 Å². The first kappa shape index (κ1) is 24.8. The van der Waals surface area contributed by atoms with E-state index in [1.54, 1.807) is 11.8 Å². The molecule has 0 spiro atoms. The highest BCUT2D eigenvalue weighted by molar-refractivity contribution is 7.99. The summed E-state index contributed by atoms with van der Waals surface area (Å²) in [5.74, 6) is 0.800. The molecule has 0 amide bonds. The van der Waals surface area contributed by atoms with E-state index >= 15 is 0 Å². The van der Waals surface area contributed by atoms with Crippen LogP contribution < -0.4 is 0 Å². The van der Waals surface area contributed by atoms with Gasteiger partial charge in [0.05, 0.1) is 14.6 Å². The summed E-state index contributed by atoms with van der Waals surface area (Å²) in [5, 5.41) is 11.7. The minimum atomic E-state index is -0.902. The molecule has 3 saturated carbocycles. The molecular formula is C28H47NO4S. The van der Waals surface area contributed by atoms with Gasteiger partial charge in [-0.05, 0) is 56.0 Å². The van der Waals surface area contributed by atoms with Crippen LogP contribution in [0.25, 0.3) is 0 Å². The number of carbonyl (C=O) groups is 2. The first-order valence-corrected chi connectivity index (χ1v) is 14.4. The van der Waals surface area contributed by atoms with Gasteiger partial charge in [0.2, 0.25) is 0 Å². The molecule has 3 fully saturated rings. The van der Waals surface area contributed by atoms with Gasteiger partial charge < -0.3 is 14.7 Å². The number of nitrogens with zero attached hydrogens (tertiary/aromatic N) is 1. The molecule has 4 unspecified atom stereocenters. The zero-order chi connectivity index (χ0) is 26.9. The lowest BCUT2D eigenvalue weighted by molar-refractivity contribution is -0.205. The Morgan fingerprint density at radius 3 is 2.68 bits per heavy atom. The van der Waals surface area contributed by atoms with Gasteiger partial charge in [0, 0.05) is 35.5 Å². The average molecular weight is 496 g/mol. The molecule has 0 radical (unpaired) electrons. The number of hydrogen-bond acceptors (Lipinski definition) is 6. The molecule has 8 atom stereocenters. The minimum Gasteiger partial charge on any atom is -0.461 e. The summed E-state index contributed by atoms with van der Waals surface area (Å²) in [6.45, 7) is 15.0. The second-order valence-corrected chi connectivity index (χ2v) is 12.7. The molecule has 3 aliphatic carbocycles. The van der Waals surface area contributed by atoms with E-state index in [1.165, 1.54) is 6.08 Å². The van der Waals surface area contributed by atoms with E-state index in [-0.39, 0.29) is 47.2 Å². The maximum absolute atomic E-state index is 13.5. The topological polar surface area (TPSA) is 66.8 Å². The fraction of sp³-hybridized carbons (Fsp3) is 0.857. The Kier molecular flexibility index (Phi) is 7.77. The van der Waals surface area contributed by atoms with Gasteiger partial charge in [-0.1, -0.05) is 47.6 Å². The molecule has 34 heavy (non-hydrogen) atoms. The Hall–Kier alpha value is -0.850. The first-order valence-electron chi connectivity index (χ1n) is 14.2. The van der Waals surface area contributed by atoms with Gasteiger partial charge in [0.1, 0.15) is 11.9 Å². The van der Waals surface area contributed by atoms with Crippen molar-refractivity contribution in [2.24, 2.45) is 34.0 Å². The van der Waals surface area contributed by atoms with Gasteiger partial charge >= 0.3 is 5.97 Å². The summed E-state index contributed by atoms with van der Waals surface area (Å²) in [6.07, 6.45) is 3.46. The zero-order valence-electron chi connectivity index (χ0n) is 24.1. The van der Waals surface area contributed by atoms with Crippen molar-refractivity contribution in [3.8, 4) is 0 Å². The van der Waals surface area contributed by atoms with Crippen LogP contribution in [-0.4, -0.2) is 65.1 Å². The summed E-state index contributed by atoms with van der Waals surface area (Å²) in [4.78, 5) is 29.0. The van der Waals surface area contributed by atoms with E-state index in [4.69, 9.17) is 7.48 Å². The highest BCUT2D eigenvalue weighted by Crippen LogP contribution is 2.67. The van der Waals surface area contributed by atoms with Crippen LogP contribution >= 0.6 is 11.8 Å². The molecule has 0 aromatic heterocycles. The monoisotopic (exact) mass is 495 g/mol. The predicted octanol–water partition coefficient (Wildman–Crippen LogP) is 4.97. The number of hydrogen-bond donors (Lipinski definition) is 1. The molecule has 194 valence electrons. The summed E-state index contributed by atoms with van der Waals surface area (Å²) < 4.78 is 22.0. The fourth-order valence-electron chi connectivity index (χ4n) is 7.52. The van der Waals surface area contributed by atoms with Crippen molar-refractivity contribution in [1.82, 2.24) is 4.90 Å². The van der Waals surface area contributed by atoms with E-state index in [1.807, 2.05) is 13.8 Å². The van der Waals surface area contributed by atoms with Gasteiger partial charge in [-0.15, -0.1) is 18.3 Å². The Bertz CT molecular complexity index is 847. The lowest BCUT2D eigenvalue weighted by Gasteiger charge is -2.61. The third-order valence-corrected chi connectivity index (χ3v) is 11.0. The van der Waals surface area contributed by atoms with Gasteiger partial charge in [-0.2, -0.15) is 0 Å². The molecule has 3 rings (SSSR count). The standard InChI is InChI=1S/C28H47NO4S/c1-8-26(6)17-22(33-23(31)18-34-16-15-29(9-2)10-3)27(7)19(4)11-13-28(20(5)25(26)32)14-12-21(30)24(27)28/h8,19-20,22,24-25,32H,1,9-18H2,2-7H3/t19?,20-,22-,24?,25+,26-,27?,28?/m1/s1/i1D2. The number of carbonyl (C=O) groups excluding carboxylic acids is 2. The molecule has 3 aliphatic rings. The smallest absolute Gasteiger partial charge is 0.316 e. The minimum absolute atomic E-state index is 0.159. The van der Waals surface area contributed by atoms with E-state index in [2.05, 4.69) is 32.6 Å². The largest absolute Gasteiger partial charge is 0.461 e. The fourth-order valence-corrected chi connectivity index (χ4v) is 8.29. The molecule has 0 aromatic rings. The Balaban J connectivity index is 1.94. The van der Waals surface area contributed by atoms with Gasteiger partial charge in [0.25, 0.3) is 0 Å². The van der Waals surface area contributed by atoms with Crippen LogP contribution in [0.15, 0.2) is 12.6 Å². The zero-order valence-corrected chi connectivity index (χ0v) is 22.9. The summed E-state index contributed by atoms with van der Waals surface area (Å²) >= 11 is 1.57. The van der Waals surface area contributed by atoms with E-state index in [9.17, 15) is 14.7 Å². The van der Waals surface area contributed by atoms with Crippen molar-refractivity contribution in [3.63, 3.8) is 0 Å². The molecule has 0 saturated heterocycles. The second kappa shape index (κ2) is 10.6. The van der Waals surface area contributed by atoms with Crippen molar-refractivity contribution in [1.29, 1.82) is 0 Å². The van der Waals surface area contributed by atoms with Crippen LogP contribution in [0.1, 0.15) is 76.4 Å². The summed E-state index contributed by atoms with van der Waals surface area (Å²) in [5.41, 5.74) is -1.80. The summed E-state index contributed by atoms with van der Waals surface area (Å²) in [7, 11) is 0. The lowest BCUT2D eigenvalue weighted by Crippen LogP contribution is -2.63. The molecule has 2 bridgehead atoms. The van der Waals surface area contributed by atoms with E-state index < -0.39 is 23.0 Å². The van der Waals surface area contributed by atoms with Crippen LogP contribution in [0.4, 0.5) is 0 Å². The van der Waals surface area contributed by atoms with E-state index in [0.717, 1.165) is 44.6 Å². The molecule has 5 nitrogen and oxygen atoms in total. The van der Waals surface area contributed by atoms with Crippen LogP contribution in [0.2, 0.25) is 0 Å². The van der Waals surface area contributed by atoms with Crippen molar-refractivity contribution in [3.05, 3.63) is 12.6 Å². The highest BCUT2D eigenvalue weighted by atomic mass is 32.2. The number of aliphatic hydroxyl groups is 1. The molecule has 6 heteroatoms. The van der Waals surface area contributed by atoms with Crippen molar-refractivity contribution >= 4 is 23.5 Å². The Labute approximate surface area is 214 Å². The number of esters is 1. The van der Waals surface area contributed by atoms with Crippen molar-refractivity contribution in [2.75, 3.05) is 31.1 Å². The van der Waals surface area contributed by atoms with Gasteiger partial charge in [-0.25, -0.2) is 0 Å². The number of aliphatic hydroxyl groups excluding tert-OH is 1. The molecule has 0 aromatic carbocycles. The molecule has 0 aliphatic heterocycles. The normalized spacial score (nSPS) is 42.8. The number of rotatable bonds is 9. The van der Waals surface area contributed by atoms with Gasteiger partial charge in [-0.3, -0.25) is 9.59 Å². The quantitative estimate of drug-likeness (QED) is 0.277. The number of thioether (sulfide) groups is 1. The predicted molar refractivity (Wildman–Crippen MR) is 140 cm³/mol. The van der Waals surface area contributed by atoms with Gasteiger partial charge in [0.15, 0.2) is 0 Å². The van der Waals surface area contributed by atoms with Crippen LogP contribution in [0.3, 0.4) is 0 Å². The highest BCUT2D eigenvalue weighted by Gasteiger charge is 2.68. The second-order valence-electron chi connectivity index (χ2n) is 11.6. The molecular weight excluding hydrogens is 446 g/mol. The van der Waals surface area contributed by atoms with E-state index in [0.29, 0.717) is 12.8 Å². The number of ether oxygens (including phenoxy) is 1. The Morgan fingerprint density at radius 2 is 2.03 bits per heavy atom. The van der Waals surface area contributed by atoms with Crippen LogP contribution in [-0.2, 0) is 14.3 Å². The number of ketones is 1.